The van der Waals surface area contributed by atoms with Crippen molar-refractivity contribution in [2.24, 2.45) is 0 Å². The molecule has 0 saturated carbocycles. The van der Waals surface area contributed by atoms with E-state index >= 15 is 0 Å². The molecule has 2 nitrogen and oxygen atoms in total. The summed E-state index contributed by atoms with van der Waals surface area (Å²) in [6.45, 7) is 2.16. The second kappa shape index (κ2) is 6.16. The van der Waals surface area contributed by atoms with Gasteiger partial charge in [-0.05, 0) is 35.0 Å². The molecule has 15 heavy (non-hydrogen) atoms. The Labute approximate surface area is 103 Å². The Kier molecular flexibility index (Phi) is 5.15. The molecular weight excluding hydrogens is 279 g/mol. The minimum Gasteiger partial charge on any atom is -0.467 e. The highest BCUT2D eigenvalue weighted by atomic mass is 79.9. The van der Waals surface area contributed by atoms with E-state index in [0.29, 0.717) is 10.8 Å². The zero-order chi connectivity index (χ0) is 11.3. The normalized spacial score (nSPS) is 10.9. The molecule has 0 N–H and O–H groups in total. The molecule has 0 aliphatic heterocycles. The Balaban J connectivity index is 2.97. The fourth-order valence-corrected chi connectivity index (χ4v) is 2.06. The molecular formula is C11H12BrClO2. The van der Waals surface area contributed by atoms with Crippen LogP contribution in [0.3, 0.4) is 0 Å². The molecule has 0 aliphatic rings. The molecule has 0 spiro atoms. The van der Waals surface area contributed by atoms with Crippen LogP contribution in [0.15, 0.2) is 22.7 Å². The van der Waals surface area contributed by atoms with Gasteiger partial charge in [-0.3, -0.25) is 0 Å². The minimum atomic E-state index is 0.214. The highest BCUT2D eigenvalue weighted by molar-refractivity contribution is 9.10. The van der Waals surface area contributed by atoms with Crippen LogP contribution in [0, 0.1) is 0 Å². The van der Waals surface area contributed by atoms with Gasteiger partial charge in [-0.1, -0.05) is 23.8 Å². The SMILES string of the molecule is C/C=C\c1c(Cl)cc(OCOC)cc1Br. The third kappa shape index (κ3) is 3.52. The van der Waals surface area contributed by atoms with E-state index < -0.39 is 0 Å². The number of benzene rings is 1. The maximum absolute atomic E-state index is 6.09. The number of hydrogen-bond acceptors (Lipinski definition) is 2. The van der Waals surface area contributed by atoms with Crippen molar-refractivity contribution in [3.8, 4) is 5.75 Å². The van der Waals surface area contributed by atoms with E-state index in [0.717, 1.165) is 10.0 Å². The summed E-state index contributed by atoms with van der Waals surface area (Å²) in [5.74, 6) is 0.682. The number of methoxy groups -OCH3 is 1. The molecule has 0 unspecified atom stereocenters. The first-order chi connectivity index (χ1) is 7.19. The monoisotopic (exact) mass is 290 g/mol. The van der Waals surface area contributed by atoms with Crippen molar-refractivity contribution < 1.29 is 9.47 Å². The predicted molar refractivity (Wildman–Crippen MR) is 66.4 cm³/mol. The van der Waals surface area contributed by atoms with Crippen molar-refractivity contribution in [3.05, 3.63) is 33.3 Å². The average Bonchev–Trinajstić information content (AvgIpc) is 2.20. The lowest BCUT2D eigenvalue weighted by molar-refractivity contribution is 0.0511. The van der Waals surface area contributed by atoms with Gasteiger partial charge in [-0.2, -0.15) is 0 Å². The number of hydrogen-bond donors (Lipinski definition) is 0. The summed E-state index contributed by atoms with van der Waals surface area (Å²) in [7, 11) is 1.57. The van der Waals surface area contributed by atoms with Gasteiger partial charge in [0.25, 0.3) is 0 Å². The maximum atomic E-state index is 6.09. The molecule has 0 saturated heterocycles. The summed E-state index contributed by atoms with van der Waals surface area (Å²) < 4.78 is 11.0. The lowest BCUT2D eigenvalue weighted by Gasteiger charge is -2.08. The molecule has 1 aromatic rings. The summed E-state index contributed by atoms with van der Waals surface area (Å²) >= 11 is 9.52. The molecule has 0 fully saturated rings. The molecule has 82 valence electrons. The zero-order valence-corrected chi connectivity index (χ0v) is 10.9. The quantitative estimate of drug-likeness (QED) is 0.777. The van der Waals surface area contributed by atoms with E-state index in [-0.39, 0.29) is 6.79 Å². The van der Waals surface area contributed by atoms with Crippen LogP contribution >= 0.6 is 27.5 Å². The second-order valence-corrected chi connectivity index (χ2v) is 4.11. The Morgan fingerprint density at radius 3 is 2.73 bits per heavy atom. The van der Waals surface area contributed by atoms with Crippen LogP contribution in [0.2, 0.25) is 5.02 Å². The molecule has 0 aromatic heterocycles. The summed E-state index contributed by atoms with van der Waals surface area (Å²) in [6, 6.07) is 3.63. The number of halogens is 2. The van der Waals surface area contributed by atoms with E-state index in [1.54, 1.807) is 13.2 Å². The Hall–Kier alpha value is -0.510. The van der Waals surface area contributed by atoms with Gasteiger partial charge in [0, 0.05) is 17.1 Å². The summed E-state index contributed by atoms with van der Waals surface area (Å²) in [6.07, 6.45) is 3.87. The predicted octanol–water partition coefficient (Wildman–Crippen LogP) is 4.12. The molecule has 0 radical (unpaired) electrons. The fraction of sp³-hybridized carbons (Fsp3) is 0.273. The minimum absolute atomic E-state index is 0.214. The number of ether oxygens (including phenoxy) is 2. The standard InChI is InChI=1S/C11H12BrClO2/c1-3-4-9-10(12)5-8(6-11(9)13)15-7-14-2/h3-6H,7H2,1-2H3/b4-3-. The lowest BCUT2D eigenvalue weighted by atomic mass is 10.2. The van der Waals surface area contributed by atoms with Gasteiger partial charge in [0.15, 0.2) is 6.79 Å². The van der Waals surface area contributed by atoms with Crippen molar-refractivity contribution >= 4 is 33.6 Å². The van der Waals surface area contributed by atoms with Crippen molar-refractivity contribution in [2.75, 3.05) is 13.9 Å². The van der Waals surface area contributed by atoms with E-state index in [4.69, 9.17) is 21.1 Å². The van der Waals surface area contributed by atoms with E-state index in [1.807, 2.05) is 25.1 Å². The van der Waals surface area contributed by atoms with E-state index in [9.17, 15) is 0 Å². The van der Waals surface area contributed by atoms with Gasteiger partial charge in [0.1, 0.15) is 5.75 Å². The van der Waals surface area contributed by atoms with Gasteiger partial charge in [-0.15, -0.1) is 0 Å². The molecule has 4 heteroatoms. The van der Waals surface area contributed by atoms with Crippen molar-refractivity contribution in [1.29, 1.82) is 0 Å². The summed E-state index contributed by atoms with van der Waals surface area (Å²) in [5.41, 5.74) is 0.948. The van der Waals surface area contributed by atoms with Crippen LogP contribution in [0.4, 0.5) is 0 Å². The molecule has 0 bridgehead atoms. The first-order valence-electron chi connectivity index (χ1n) is 4.42. The molecule has 0 heterocycles. The lowest BCUT2D eigenvalue weighted by Crippen LogP contribution is -1.99. The van der Waals surface area contributed by atoms with Crippen LogP contribution in [0.5, 0.6) is 5.75 Å². The van der Waals surface area contributed by atoms with Crippen LogP contribution < -0.4 is 4.74 Å². The van der Waals surface area contributed by atoms with Crippen LogP contribution in [-0.4, -0.2) is 13.9 Å². The Morgan fingerprint density at radius 1 is 1.47 bits per heavy atom. The van der Waals surface area contributed by atoms with E-state index in [1.165, 1.54) is 0 Å². The van der Waals surface area contributed by atoms with Crippen molar-refractivity contribution in [3.63, 3.8) is 0 Å². The smallest absolute Gasteiger partial charge is 0.188 e. The third-order valence-electron chi connectivity index (χ3n) is 1.73. The van der Waals surface area contributed by atoms with Crippen molar-refractivity contribution in [1.82, 2.24) is 0 Å². The second-order valence-electron chi connectivity index (χ2n) is 2.85. The van der Waals surface area contributed by atoms with Gasteiger partial charge in [0.05, 0.1) is 5.02 Å². The molecule has 1 aromatic carbocycles. The highest BCUT2D eigenvalue weighted by Crippen LogP contribution is 2.31. The van der Waals surface area contributed by atoms with Gasteiger partial charge >= 0.3 is 0 Å². The topological polar surface area (TPSA) is 18.5 Å². The first kappa shape index (κ1) is 12.6. The van der Waals surface area contributed by atoms with E-state index in [2.05, 4.69) is 15.9 Å². The largest absolute Gasteiger partial charge is 0.467 e. The Bertz CT molecular complexity index is 341. The zero-order valence-electron chi connectivity index (χ0n) is 8.59. The van der Waals surface area contributed by atoms with Gasteiger partial charge in [-0.25, -0.2) is 0 Å². The van der Waals surface area contributed by atoms with Crippen LogP contribution in [-0.2, 0) is 4.74 Å². The number of allylic oxidation sites excluding steroid dienone is 1. The summed E-state index contributed by atoms with van der Waals surface area (Å²) in [5, 5.41) is 0.647. The highest BCUT2D eigenvalue weighted by Gasteiger charge is 2.05. The van der Waals surface area contributed by atoms with Gasteiger partial charge < -0.3 is 9.47 Å². The average molecular weight is 292 g/mol. The van der Waals surface area contributed by atoms with Crippen LogP contribution in [0.1, 0.15) is 12.5 Å². The third-order valence-corrected chi connectivity index (χ3v) is 2.70. The van der Waals surface area contributed by atoms with Crippen molar-refractivity contribution in [2.45, 2.75) is 6.92 Å². The van der Waals surface area contributed by atoms with Crippen LogP contribution in [0.25, 0.3) is 6.08 Å². The first-order valence-corrected chi connectivity index (χ1v) is 5.59. The summed E-state index contributed by atoms with van der Waals surface area (Å²) in [4.78, 5) is 0. The fourth-order valence-electron chi connectivity index (χ4n) is 1.10. The molecule has 1 rings (SSSR count). The Morgan fingerprint density at radius 2 is 2.20 bits per heavy atom. The number of rotatable bonds is 4. The molecule has 0 aliphatic carbocycles. The maximum Gasteiger partial charge on any atom is 0.188 e. The molecule has 0 amide bonds. The molecule has 0 atom stereocenters. The van der Waals surface area contributed by atoms with Gasteiger partial charge in [0.2, 0.25) is 0 Å².